The quantitative estimate of drug-likeness (QED) is 0.532. The molecule has 0 spiro atoms. The Morgan fingerprint density at radius 1 is 1.40 bits per heavy atom. The van der Waals surface area contributed by atoms with E-state index in [0.717, 1.165) is 4.88 Å². The first-order chi connectivity index (χ1) is 9.54. The smallest absolute Gasteiger partial charge is 0.269 e. The van der Waals surface area contributed by atoms with E-state index in [1.807, 2.05) is 6.92 Å². The van der Waals surface area contributed by atoms with Gasteiger partial charge in [-0.2, -0.15) is 0 Å². The van der Waals surface area contributed by atoms with Gasteiger partial charge in [-0.3, -0.25) is 20.2 Å². The van der Waals surface area contributed by atoms with Gasteiger partial charge in [0.2, 0.25) is 5.91 Å². The first-order valence-electron chi connectivity index (χ1n) is 5.70. The first kappa shape index (κ1) is 13.9. The average Bonchev–Trinajstić information content (AvgIpc) is 2.82. The number of hydrogen-bond acceptors (Lipinski definition) is 5. The number of non-ortho nitro benzene ring substituents is 1. The maximum Gasteiger partial charge on any atom is 0.269 e. The molecular formula is C13H11N3O3S. The molecule has 7 heteroatoms. The molecule has 2 rings (SSSR count). The molecule has 1 heterocycles. The minimum atomic E-state index is -0.467. The Balaban J connectivity index is 1.98. The molecule has 1 N–H and O–H groups in total. The van der Waals surface area contributed by atoms with Crippen LogP contribution in [0, 0.1) is 17.0 Å². The normalized spacial score (nSPS) is 10.7. The predicted octanol–water partition coefficient (Wildman–Crippen LogP) is 3.01. The fraction of sp³-hybridized carbons (Fsp3) is 0.0769. The lowest BCUT2D eigenvalue weighted by molar-refractivity contribution is -0.384. The third-order valence-electron chi connectivity index (χ3n) is 2.38. The molecule has 1 aromatic carbocycles. The van der Waals surface area contributed by atoms with Gasteiger partial charge >= 0.3 is 0 Å². The number of hydrogen-bond donors (Lipinski definition) is 1. The summed E-state index contributed by atoms with van der Waals surface area (Å²) in [5.41, 5.74) is 0.728. The summed E-state index contributed by atoms with van der Waals surface area (Å²) in [4.78, 5) is 26.7. The van der Waals surface area contributed by atoms with Crippen molar-refractivity contribution in [2.75, 3.05) is 5.32 Å². The highest BCUT2D eigenvalue weighted by Gasteiger charge is 2.04. The highest BCUT2D eigenvalue weighted by molar-refractivity contribution is 7.15. The van der Waals surface area contributed by atoms with Crippen molar-refractivity contribution in [1.82, 2.24) is 4.98 Å². The zero-order valence-corrected chi connectivity index (χ0v) is 11.4. The van der Waals surface area contributed by atoms with Gasteiger partial charge in [-0.15, -0.1) is 11.3 Å². The molecule has 0 bridgehead atoms. The minimum absolute atomic E-state index is 0.0184. The Morgan fingerprint density at radius 2 is 2.10 bits per heavy atom. The molecule has 0 saturated heterocycles. The van der Waals surface area contributed by atoms with Gasteiger partial charge in [-0.1, -0.05) is 0 Å². The predicted molar refractivity (Wildman–Crippen MR) is 77.6 cm³/mol. The third kappa shape index (κ3) is 3.72. The summed E-state index contributed by atoms with van der Waals surface area (Å²) in [7, 11) is 0. The van der Waals surface area contributed by atoms with Gasteiger partial charge in [0.15, 0.2) is 5.13 Å². The van der Waals surface area contributed by atoms with E-state index in [4.69, 9.17) is 0 Å². The van der Waals surface area contributed by atoms with Crippen molar-refractivity contribution in [1.29, 1.82) is 0 Å². The summed E-state index contributed by atoms with van der Waals surface area (Å²) in [5.74, 6) is -0.294. The van der Waals surface area contributed by atoms with Gasteiger partial charge in [-0.05, 0) is 30.7 Å². The lowest BCUT2D eigenvalue weighted by Crippen LogP contribution is -2.07. The number of amides is 1. The molecule has 1 aromatic heterocycles. The lowest BCUT2D eigenvalue weighted by atomic mass is 10.2. The van der Waals surface area contributed by atoms with Crippen LogP contribution in [0.1, 0.15) is 10.4 Å². The molecule has 0 aliphatic carbocycles. The van der Waals surface area contributed by atoms with Crippen LogP contribution in [-0.2, 0) is 4.79 Å². The highest BCUT2D eigenvalue weighted by atomic mass is 32.1. The Kier molecular flexibility index (Phi) is 4.21. The number of anilines is 1. The molecule has 2 aromatic rings. The van der Waals surface area contributed by atoms with Crippen molar-refractivity contribution in [2.45, 2.75) is 6.92 Å². The molecule has 0 fully saturated rings. The van der Waals surface area contributed by atoms with Gasteiger partial charge in [0, 0.05) is 29.3 Å². The lowest BCUT2D eigenvalue weighted by Gasteiger charge is -1.96. The standard InChI is InChI=1S/C13H11N3O3S/c1-9-8-14-13(20-9)15-12(17)7-4-10-2-5-11(6-3-10)16(18)19/h2-8H,1H3,(H,14,15,17). The van der Waals surface area contributed by atoms with E-state index in [1.165, 1.54) is 29.5 Å². The summed E-state index contributed by atoms with van der Waals surface area (Å²) in [6, 6.07) is 5.94. The molecule has 0 aliphatic rings. The van der Waals surface area contributed by atoms with Crippen LogP contribution < -0.4 is 5.32 Å². The Hall–Kier alpha value is -2.54. The number of nitro groups is 1. The van der Waals surface area contributed by atoms with E-state index >= 15 is 0 Å². The number of carbonyl (C=O) groups excluding carboxylic acids is 1. The van der Waals surface area contributed by atoms with E-state index in [1.54, 1.807) is 24.4 Å². The number of thiazole rings is 1. The molecule has 0 atom stereocenters. The van der Waals surface area contributed by atoms with Crippen molar-refractivity contribution < 1.29 is 9.72 Å². The summed E-state index contributed by atoms with van der Waals surface area (Å²) in [6.07, 6.45) is 4.62. The second-order valence-corrected chi connectivity index (χ2v) is 5.18. The molecule has 0 saturated carbocycles. The zero-order valence-electron chi connectivity index (χ0n) is 10.6. The van der Waals surface area contributed by atoms with Crippen LogP contribution in [0.15, 0.2) is 36.5 Å². The number of carbonyl (C=O) groups is 1. The van der Waals surface area contributed by atoms with Crippen LogP contribution in [0.4, 0.5) is 10.8 Å². The number of aryl methyl sites for hydroxylation is 1. The van der Waals surface area contributed by atoms with E-state index in [0.29, 0.717) is 10.7 Å². The average molecular weight is 289 g/mol. The highest BCUT2D eigenvalue weighted by Crippen LogP contribution is 2.16. The Morgan fingerprint density at radius 3 is 2.65 bits per heavy atom. The van der Waals surface area contributed by atoms with Gasteiger partial charge in [0.25, 0.3) is 5.69 Å². The van der Waals surface area contributed by atoms with E-state index < -0.39 is 4.92 Å². The van der Waals surface area contributed by atoms with Crippen molar-refractivity contribution in [3.63, 3.8) is 0 Å². The second kappa shape index (κ2) is 6.07. The van der Waals surface area contributed by atoms with E-state index in [2.05, 4.69) is 10.3 Å². The summed E-state index contributed by atoms with van der Waals surface area (Å²) in [6.45, 7) is 1.90. The van der Waals surface area contributed by atoms with Crippen LogP contribution in [0.5, 0.6) is 0 Å². The molecular weight excluding hydrogens is 278 g/mol. The van der Waals surface area contributed by atoms with Crippen LogP contribution in [0.2, 0.25) is 0 Å². The summed E-state index contributed by atoms with van der Waals surface area (Å²) >= 11 is 1.39. The second-order valence-electron chi connectivity index (χ2n) is 3.95. The number of benzene rings is 1. The zero-order chi connectivity index (χ0) is 14.5. The molecule has 6 nitrogen and oxygen atoms in total. The maximum absolute atomic E-state index is 11.6. The SMILES string of the molecule is Cc1cnc(NC(=O)C=Cc2ccc([N+](=O)[O-])cc2)s1. The topological polar surface area (TPSA) is 85.1 Å². The summed E-state index contributed by atoms with van der Waals surface area (Å²) < 4.78 is 0. The number of nitrogens with zero attached hydrogens (tertiary/aromatic N) is 2. The fourth-order valence-corrected chi connectivity index (χ4v) is 2.11. The van der Waals surface area contributed by atoms with Gasteiger partial charge in [-0.25, -0.2) is 4.98 Å². The van der Waals surface area contributed by atoms with Gasteiger partial charge in [0.1, 0.15) is 0 Å². The van der Waals surface area contributed by atoms with Crippen molar-refractivity contribution >= 4 is 34.1 Å². The van der Waals surface area contributed by atoms with E-state index in [9.17, 15) is 14.9 Å². The molecule has 0 unspecified atom stereocenters. The third-order valence-corrected chi connectivity index (χ3v) is 3.21. The fourth-order valence-electron chi connectivity index (χ4n) is 1.44. The number of nitrogens with one attached hydrogen (secondary N) is 1. The Bertz CT molecular complexity index is 662. The van der Waals surface area contributed by atoms with Gasteiger partial charge < -0.3 is 0 Å². The Labute approximate surface area is 118 Å². The number of rotatable bonds is 4. The molecule has 20 heavy (non-hydrogen) atoms. The van der Waals surface area contributed by atoms with Crippen LogP contribution in [-0.4, -0.2) is 15.8 Å². The largest absolute Gasteiger partial charge is 0.298 e. The van der Waals surface area contributed by atoms with Crippen LogP contribution >= 0.6 is 11.3 Å². The van der Waals surface area contributed by atoms with Crippen LogP contribution in [0.3, 0.4) is 0 Å². The number of nitro benzene ring substituents is 1. The monoisotopic (exact) mass is 289 g/mol. The summed E-state index contributed by atoms with van der Waals surface area (Å²) in [5, 5.41) is 13.7. The van der Waals surface area contributed by atoms with Crippen molar-refractivity contribution in [3.8, 4) is 0 Å². The first-order valence-corrected chi connectivity index (χ1v) is 6.52. The van der Waals surface area contributed by atoms with E-state index in [-0.39, 0.29) is 11.6 Å². The number of aromatic nitrogens is 1. The molecule has 0 aliphatic heterocycles. The minimum Gasteiger partial charge on any atom is -0.298 e. The van der Waals surface area contributed by atoms with Crippen LogP contribution in [0.25, 0.3) is 6.08 Å². The molecule has 0 radical (unpaired) electrons. The molecule has 102 valence electrons. The van der Waals surface area contributed by atoms with Crippen molar-refractivity contribution in [2.24, 2.45) is 0 Å². The maximum atomic E-state index is 11.6. The van der Waals surface area contributed by atoms with Crippen molar-refractivity contribution in [3.05, 3.63) is 57.1 Å². The molecule has 1 amide bonds. The van der Waals surface area contributed by atoms with Gasteiger partial charge in [0.05, 0.1) is 4.92 Å².